The van der Waals surface area contributed by atoms with Crippen molar-refractivity contribution in [2.45, 2.75) is 32.4 Å². The number of amides is 1. The van der Waals surface area contributed by atoms with Crippen LogP contribution in [0.2, 0.25) is 0 Å². The summed E-state index contributed by atoms with van der Waals surface area (Å²) in [6, 6.07) is 12.6. The van der Waals surface area contributed by atoms with Gasteiger partial charge in [0, 0.05) is 37.5 Å². The average molecular weight is 359 g/mol. The third-order valence-corrected chi connectivity index (χ3v) is 5.44. The lowest BCUT2D eigenvalue weighted by Gasteiger charge is -2.27. The second kappa shape index (κ2) is 9.70. The molecule has 1 aliphatic heterocycles. The summed E-state index contributed by atoms with van der Waals surface area (Å²) in [5.74, 6) is 0.137. The van der Waals surface area contributed by atoms with Gasteiger partial charge in [0.15, 0.2) is 0 Å². The average Bonchev–Trinajstić information content (AvgIpc) is 3.15. The first-order valence-corrected chi connectivity index (χ1v) is 9.85. The Kier molecular flexibility index (Phi) is 7.03. The van der Waals surface area contributed by atoms with Crippen LogP contribution in [0.3, 0.4) is 0 Å². The molecule has 0 radical (unpaired) electrons. The second-order valence-corrected chi connectivity index (χ2v) is 7.40. The van der Waals surface area contributed by atoms with E-state index < -0.39 is 0 Å². The number of hydrogen-bond donors (Lipinski definition) is 1. The molecule has 1 N–H and O–H groups in total. The summed E-state index contributed by atoms with van der Waals surface area (Å²) in [6.45, 7) is 5.10. The minimum absolute atomic E-state index is 0.137. The zero-order chi connectivity index (χ0) is 17.3. The van der Waals surface area contributed by atoms with E-state index in [0.29, 0.717) is 13.0 Å². The summed E-state index contributed by atoms with van der Waals surface area (Å²) in [7, 11) is 0. The zero-order valence-corrected chi connectivity index (χ0v) is 15.4. The van der Waals surface area contributed by atoms with Crippen LogP contribution in [0.15, 0.2) is 41.8 Å². The maximum Gasteiger partial charge on any atom is 0.220 e. The highest BCUT2D eigenvalue weighted by atomic mass is 32.1. The fourth-order valence-corrected chi connectivity index (χ4v) is 3.80. The Morgan fingerprint density at radius 1 is 1.12 bits per heavy atom. The van der Waals surface area contributed by atoms with E-state index >= 15 is 0 Å². The first kappa shape index (κ1) is 18.1. The molecule has 0 spiro atoms. The smallest absolute Gasteiger partial charge is 0.220 e. The van der Waals surface area contributed by atoms with E-state index in [1.165, 1.54) is 16.0 Å². The molecule has 1 aromatic carbocycles. The third-order valence-electron chi connectivity index (χ3n) is 4.50. The molecule has 1 fully saturated rings. The van der Waals surface area contributed by atoms with Gasteiger partial charge in [-0.15, -0.1) is 11.3 Å². The first-order valence-electron chi connectivity index (χ1n) is 8.97. The number of morpholine rings is 1. The van der Waals surface area contributed by atoms with Crippen LogP contribution in [0.4, 0.5) is 0 Å². The molecule has 1 aromatic heterocycles. The van der Waals surface area contributed by atoms with Gasteiger partial charge in [-0.1, -0.05) is 30.3 Å². The highest BCUT2D eigenvalue weighted by molar-refractivity contribution is 7.09. The maximum atomic E-state index is 12.1. The van der Waals surface area contributed by atoms with Crippen molar-refractivity contribution in [3.63, 3.8) is 0 Å². The van der Waals surface area contributed by atoms with Crippen molar-refractivity contribution in [1.29, 1.82) is 0 Å². The standard InChI is InChI=1S/C20H26N2O2S/c23-20(9-3-7-19-8-4-14-25-19)21-15-17-5-1-2-6-18(17)16-22-10-12-24-13-11-22/h1-2,4-6,8,14H,3,7,9-13,15-16H2,(H,21,23). The van der Waals surface area contributed by atoms with Crippen molar-refractivity contribution >= 4 is 17.2 Å². The molecule has 0 saturated carbocycles. The fourth-order valence-electron chi connectivity index (χ4n) is 3.04. The van der Waals surface area contributed by atoms with Gasteiger partial charge in [0.2, 0.25) is 5.91 Å². The number of carbonyl (C=O) groups excluding carboxylic acids is 1. The maximum absolute atomic E-state index is 12.1. The molecule has 1 amide bonds. The molecule has 2 heterocycles. The Balaban J connectivity index is 1.44. The van der Waals surface area contributed by atoms with Crippen molar-refractivity contribution in [2.24, 2.45) is 0 Å². The van der Waals surface area contributed by atoms with Crippen LogP contribution >= 0.6 is 11.3 Å². The van der Waals surface area contributed by atoms with Gasteiger partial charge < -0.3 is 10.1 Å². The number of nitrogens with zero attached hydrogens (tertiary/aromatic N) is 1. The summed E-state index contributed by atoms with van der Waals surface area (Å²) in [5.41, 5.74) is 2.50. The van der Waals surface area contributed by atoms with Gasteiger partial charge >= 0.3 is 0 Å². The summed E-state index contributed by atoms with van der Waals surface area (Å²) >= 11 is 1.76. The Hall–Kier alpha value is -1.69. The quantitative estimate of drug-likeness (QED) is 0.788. The van der Waals surface area contributed by atoms with Crippen LogP contribution in [0.5, 0.6) is 0 Å². The van der Waals surface area contributed by atoms with Gasteiger partial charge in [-0.3, -0.25) is 9.69 Å². The Morgan fingerprint density at radius 3 is 2.68 bits per heavy atom. The first-order chi connectivity index (χ1) is 12.3. The lowest BCUT2D eigenvalue weighted by Crippen LogP contribution is -2.36. The van der Waals surface area contributed by atoms with Crippen molar-refractivity contribution < 1.29 is 9.53 Å². The Bertz CT molecular complexity index is 651. The number of benzene rings is 1. The zero-order valence-electron chi connectivity index (χ0n) is 14.6. The number of ether oxygens (including phenoxy) is 1. The fraction of sp³-hybridized carbons (Fsp3) is 0.450. The number of nitrogens with one attached hydrogen (secondary N) is 1. The molecule has 25 heavy (non-hydrogen) atoms. The van der Waals surface area contributed by atoms with Gasteiger partial charge in [-0.25, -0.2) is 0 Å². The van der Waals surface area contributed by atoms with Gasteiger partial charge in [0.25, 0.3) is 0 Å². The van der Waals surface area contributed by atoms with E-state index in [-0.39, 0.29) is 5.91 Å². The van der Waals surface area contributed by atoms with Crippen LogP contribution in [0, 0.1) is 0 Å². The predicted molar refractivity (Wildman–Crippen MR) is 102 cm³/mol. The topological polar surface area (TPSA) is 41.6 Å². The molecule has 0 aliphatic carbocycles. The van der Waals surface area contributed by atoms with E-state index in [2.05, 4.69) is 45.9 Å². The van der Waals surface area contributed by atoms with E-state index in [0.717, 1.165) is 45.7 Å². The van der Waals surface area contributed by atoms with Crippen LogP contribution in [-0.2, 0) is 29.0 Å². The van der Waals surface area contributed by atoms with Crippen molar-refractivity contribution in [2.75, 3.05) is 26.3 Å². The van der Waals surface area contributed by atoms with Crippen LogP contribution < -0.4 is 5.32 Å². The number of hydrogen-bond acceptors (Lipinski definition) is 4. The van der Waals surface area contributed by atoms with Gasteiger partial charge in [-0.05, 0) is 35.4 Å². The molecule has 1 aliphatic rings. The van der Waals surface area contributed by atoms with E-state index in [4.69, 9.17) is 4.74 Å². The number of thiophene rings is 1. The normalized spacial score (nSPS) is 15.2. The molecule has 0 atom stereocenters. The van der Waals surface area contributed by atoms with Gasteiger partial charge in [-0.2, -0.15) is 0 Å². The summed E-state index contributed by atoms with van der Waals surface area (Å²) in [6.07, 6.45) is 2.48. The van der Waals surface area contributed by atoms with Crippen molar-refractivity contribution in [3.8, 4) is 0 Å². The Morgan fingerprint density at radius 2 is 1.92 bits per heavy atom. The summed E-state index contributed by atoms with van der Waals surface area (Å²) in [5, 5.41) is 5.16. The Labute approximate surface area is 153 Å². The lowest BCUT2D eigenvalue weighted by molar-refractivity contribution is -0.121. The van der Waals surface area contributed by atoms with Crippen LogP contribution in [-0.4, -0.2) is 37.1 Å². The highest BCUT2D eigenvalue weighted by Crippen LogP contribution is 2.14. The predicted octanol–water partition coefficient (Wildman–Crippen LogP) is 3.22. The molecule has 0 unspecified atom stereocenters. The monoisotopic (exact) mass is 358 g/mol. The second-order valence-electron chi connectivity index (χ2n) is 6.37. The molecular formula is C20H26N2O2S. The largest absolute Gasteiger partial charge is 0.379 e. The summed E-state index contributed by atoms with van der Waals surface area (Å²) < 4.78 is 5.41. The molecule has 134 valence electrons. The minimum Gasteiger partial charge on any atom is -0.379 e. The van der Waals surface area contributed by atoms with E-state index in [9.17, 15) is 4.79 Å². The number of rotatable bonds is 8. The number of aryl methyl sites for hydroxylation is 1. The van der Waals surface area contributed by atoms with Gasteiger partial charge in [0.05, 0.1) is 13.2 Å². The molecule has 1 saturated heterocycles. The molecule has 2 aromatic rings. The molecule has 3 rings (SSSR count). The SMILES string of the molecule is O=C(CCCc1cccs1)NCc1ccccc1CN1CCOCC1. The van der Waals surface area contributed by atoms with Crippen LogP contribution in [0.25, 0.3) is 0 Å². The molecular weight excluding hydrogens is 332 g/mol. The molecule has 0 bridgehead atoms. The summed E-state index contributed by atoms with van der Waals surface area (Å²) in [4.78, 5) is 15.9. The molecule has 4 nitrogen and oxygen atoms in total. The van der Waals surface area contributed by atoms with Gasteiger partial charge in [0.1, 0.15) is 0 Å². The van der Waals surface area contributed by atoms with Crippen LogP contribution in [0.1, 0.15) is 28.8 Å². The lowest BCUT2D eigenvalue weighted by atomic mass is 10.1. The third kappa shape index (κ3) is 5.96. The van der Waals surface area contributed by atoms with Crippen molar-refractivity contribution in [1.82, 2.24) is 10.2 Å². The molecule has 5 heteroatoms. The highest BCUT2D eigenvalue weighted by Gasteiger charge is 2.13. The number of carbonyl (C=O) groups is 1. The minimum atomic E-state index is 0.137. The van der Waals surface area contributed by atoms with Crippen molar-refractivity contribution in [3.05, 3.63) is 57.8 Å². The van der Waals surface area contributed by atoms with E-state index in [1.807, 2.05) is 6.07 Å². The van der Waals surface area contributed by atoms with E-state index in [1.54, 1.807) is 11.3 Å².